The van der Waals surface area contributed by atoms with Crippen molar-refractivity contribution >= 4 is 0 Å². The van der Waals surface area contributed by atoms with E-state index in [0.717, 1.165) is 19.3 Å². The van der Waals surface area contributed by atoms with E-state index in [-0.39, 0.29) is 24.2 Å². The second kappa shape index (κ2) is 4.71. The Kier molecular flexibility index (Phi) is 3.30. The third-order valence-electron chi connectivity index (χ3n) is 4.79. The summed E-state index contributed by atoms with van der Waals surface area (Å²) in [6.45, 7) is 1.90. The zero-order chi connectivity index (χ0) is 13.6. The molecule has 19 heavy (non-hydrogen) atoms. The molecule has 0 aromatic carbocycles. The van der Waals surface area contributed by atoms with Gasteiger partial charge < -0.3 is 19.7 Å². The number of aliphatic hydroxyl groups excluding tert-OH is 2. The molecule has 1 spiro atoms. The molecule has 0 aromatic rings. The first kappa shape index (κ1) is 13.3. The van der Waals surface area contributed by atoms with Crippen molar-refractivity contribution in [1.29, 1.82) is 5.26 Å². The van der Waals surface area contributed by atoms with Crippen LogP contribution in [0.2, 0.25) is 0 Å². The van der Waals surface area contributed by atoms with Gasteiger partial charge in [0.2, 0.25) is 0 Å². The highest BCUT2D eigenvalue weighted by Crippen LogP contribution is 2.49. The van der Waals surface area contributed by atoms with E-state index in [0.29, 0.717) is 12.8 Å². The minimum Gasteiger partial charge on any atom is -0.390 e. The molecule has 3 aliphatic rings. The van der Waals surface area contributed by atoms with Crippen LogP contribution in [0.3, 0.4) is 0 Å². The second-order valence-corrected chi connectivity index (χ2v) is 6.28. The molecule has 0 radical (unpaired) electrons. The van der Waals surface area contributed by atoms with Crippen LogP contribution in [-0.4, -0.2) is 46.3 Å². The summed E-state index contributed by atoms with van der Waals surface area (Å²) in [7, 11) is 0. The summed E-state index contributed by atoms with van der Waals surface area (Å²) in [5.74, 6) is -0.0184. The van der Waals surface area contributed by atoms with E-state index in [4.69, 9.17) is 14.7 Å². The van der Waals surface area contributed by atoms with Crippen LogP contribution in [0.4, 0.5) is 0 Å². The summed E-state index contributed by atoms with van der Waals surface area (Å²) >= 11 is 0. The van der Waals surface area contributed by atoms with Gasteiger partial charge in [-0.05, 0) is 26.2 Å². The van der Waals surface area contributed by atoms with Crippen molar-refractivity contribution < 1.29 is 19.7 Å². The Morgan fingerprint density at radius 2 is 2.16 bits per heavy atom. The first-order valence-corrected chi connectivity index (χ1v) is 7.13. The smallest absolute Gasteiger partial charge is 0.106 e. The quantitative estimate of drug-likeness (QED) is 0.771. The van der Waals surface area contributed by atoms with Gasteiger partial charge in [0.05, 0.1) is 36.1 Å². The van der Waals surface area contributed by atoms with Crippen molar-refractivity contribution in [2.24, 2.45) is 5.92 Å². The summed E-state index contributed by atoms with van der Waals surface area (Å²) in [6, 6.07) is 2.24. The van der Waals surface area contributed by atoms with Crippen LogP contribution in [-0.2, 0) is 9.47 Å². The first-order valence-electron chi connectivity index (χ1n) is 7.13. The number of nitriles is 1. The van der Waals surface area contributed by atoms with Gasteiger partial charge in [-0.25, -0.2) is 0 Å². The highest BCUT2D eigenvalue weighted by atomic mass is 16.6. The second-order valence-electron chi connectivity index (χ2n) is 6.28. The lowest BCUT2D eigenvalue weighted by Crippen LogP contribution is -2.54. The van der Waals surface area contributed by atoms with E-state index in [1.807, 2.05) is 6.92 Å². The van der Waals surface area contributed by atoms with Gasteiger partial charge in [-0.1, -0.05) is 0 Å². The predicted molar refractivity (Wildman–Crippen MR) is 66.1 cm³/mol. The van der Waals surface area contributed by atoms with E-state index in [2.05, 4.69) is 6.07 Å². The van der Waals surface area contributed by atoms with E-state index in [1.54, 1.807) is 0 Å². The lowest BCUT2D eigenvalue weighted by Gasteiger charge is -2.44. The van der Waals surface area contributed by atoms with Gasteiger partial charge in [0.1, 0.15) is 6.10 Å². The molecule has 2 heterocycles. The summed E-state index contributed by atoms with van der Waals surface area (Å²) < 4.78 is 12.1. The minimum absolute atomic E-state index is 0.0158. The molecule has 1 unspecified atom stereocenters. The van der Waals surface area contributed by atoms with E-state index in [9.17, 15) is 10.2 Å². The number of hydrogen-bond donors (Lipinski definition) is 2. The minimum atomic E-state index is -0.795. The third kappa shape index (κ3) is 2.17. The van der Waals surface area contributed by atoms with Crippen molar-refractivity contribution in [2.75, 3.05) is 0 Å². The van der Waals surface area contributed by atoms with Crippen molar-refractivity contribution in [3.63, 3.8) is 0 Å². The van der Waals surface area contributed by atoms with Gasteiger partial charge in [-0.15, -0.1) is 0 Å². The van der Waals surface area contributed by atoms with Crippen LogP contribution < -0.4 is 0 Å². The normalized spacial score (nSPS) is 50.3. The number of fused-ring (bicyclic) bond motifs is 1. The van der Waals surface area contributed by atoms with E-state index < -0.39 is 17.8 Å². The number of aliphatic hydroxyl groups is 2. The fraction of sp³-hybridized carbons (Fsp3) is 0.929. The molecule has 3 rings (SSSR count). The summed E-state index contributed by atoms with van der Waals surface area (Å²) in [4.78, 5) is 0. The lowest BCUT2D eigenvalue weighted by molar-refractivity contribution is -0.179. The molecule has 2 N–H and O–H groups in total. The average Bonchev–Trinajstić information content (AvgIpc) is 2.70. The van der Waals surface area contributed by atoms with Crippen molar-refractivity contribution in [3.8, 4) is 6.07 Å². The molecule has 0 amide bonds. The molecule has 1 aliphatic carbocycles. The Morgan fingerprint density at radius 1 is 1.37 bits per heavy atom. The maximum atomic E-state index is 9.94. The Balaban J connectivity index is 1.73. The zero-order valence-electron chi connectivity index (χ0n) is 11.2. The van der Waals surface area contributed by atoms with Crippen LogP contribution in [0.1, 0.15) is 39.0 Å². The zero-order valence-corrected chi connectivity index (χ0v) is 11.2. The van der Waals surface area contributed by atoms with Crippen LogP contribution in [0, 0.1) is 17.2 Å². The fourth-order valence-electron chi connectivity index (χ4n) is 3.84. The van der Waals surface area contributed by atoms with Crippen molar-refractivity contribution in [3.05, 3.63) is 0 Å². The molecule has 3 fully saturated rings. The van der Waals surface area contributed by atoms with Crippen LogP contribution >= 0.6 is 0 Å². The van der Waals surface area contributed by atoms with Gasteiger partial charge in [-0.3, -0.25) is 0 Å². The molecule has 0 aromatic heterocycles. The third-order valence-corrected chi connectivity index (χ3v) is 4.79. The van der Waals surface area contributed by atoms with E-state index >= 15 is 0 Å². The van der Waals surface area contributed by atoms with Crippen LogP contribution in [0.15, 0.2) is 0 Å². The summed E-state index contributed by atoms with van der Waals surface area (Å²) in [6.07, 6.45) is 1.78. The number of nitrogens with zero attached hydrogens (tertiary/aromatic N) is 1. The molecular formula is C14H21NO4. The first-order chi connectivity index (χ1) is 9.04. The fourth-order valence-corrected chi connectivity index (χ4v) is 3.84. The molecule has 5 nitrogen and oxygen atoms in total. The molecular weight excluding hydrogens is 246 g/mol. The van der Waals surface area contributed by atoms with Gasteiger partial charge in [-0.2, -0.15) is 5.26 Å². The number of ether oxygens (including phenoxy) is 2. The Labute approximate surface area is 113 Å². The number of hydrogen-bond acceptors (Lipinski definition) is 5. The van der Waals surface area contributed by atoms with Crippen molar-refractivity contribution in [2.45, 2.75) is 75.1 Å². The lowest BCUT2D eigenvalue weighted by atomic mass is 9.76. The Bertz CT molecular complexity index is 395. The standard InChI is InChI=1S/C14H21NO4/c1-8(7-15)4-9-2-3-12-14(19-9)5-10(16)13(17)11(6-14)18-12/h8-13,16-17H,2-6H2,1H3/t8-,9?,10-,11-,12+,13-,14+/m1/s1. The SMILES string of the molecule is C[C@@H](C#N)CC1CC[C@@H]2O[C@@H]3C[C@]2(C[C@@H](O)[C@H]3O)O1. The van der Waals surface area contributed by atoms with Gasteiger partial charge >= 0.3 is 0 Å². The van der Waals surface area contributed by atoms with Crippen molar-refractivity contribution in [1.82, 2.24) is 0 Å². The maximum Gasteiger partial charge on any atom is 0.106 e. The molecule has 106 valence electrons. The molecule has 2 aliphatic heterocycles. The molecule has 2 saturated heterocycles. The average molecular weight is 267 g/mol. The van der Waals surface area contributed by atoms with E-state index in [1.165, 1.54) is 0 Å². The highest BCUT2D eigenvalue weighted by molar-refractivity contribution is 5.09. The largest absolute Gasteiger partial charge is 0.390 e. The molecule has 2 bridgehead atoms. The maximum absolute atomic E-state index is 9.94. The number of rotatable bonds is 2. The molecule has 7 atom stereocenters. The van der Waals surface area contributed by atoms with Gasteiger partial charge in [0, 0.05) is 18.8 Å². The monoisotopic (exact) mass is 267 g/mol. The van der Waals surface area contributed by atoms with Gasteiger partial charge in [0.15, 0.2) is 0 Å². The van der Waals surface area contributed by atoms with Crippen LogP contribution in [0.25, 0.3) is 0 Å². The summed E-state index contributed by atoms with van der Waals surface area (Å²) in [5, 5.41) is 28.7. The molecule has 1 saturated carbocycles. The Hall–Kier alpha value is -0.670. The van der Waals surface area contributed by atoms with Crippen LogP contribution in [0.5, 0.6) is 0 Å². The molecule has 5 heteroatoms. The highest BCUT2D eigenvalue weighted by Gasteiger charge is 2.59. The summed E-state index contributed by atoms with van der Waals surface area (Å²) in [5.41, 5.74) is -0.443. The predicted octanol–water partition coefficient (Wildman–Crippen LogP) is 0.737. The van der Waals surface area contributed by atoms with Gasteiger partial charge in [0.25, 0.3) is 0 Å². The topological polar surface area (TPSA) is 82.7 Å². The Morgan fingerprint density at radius 3 is 2.89 bits per heavy atom.